The smallest absolute Gasteiger partial charge is 0.149 e. The standard InChI is InChI=1S/C7H12N3O/c1-3-10(4-2)5-7-6-11-9-8-7/h5-6H,3-4H2,1-2H3. The van der Waals surface area contributed by atoms with Crippen molar-refractivity contribution < 1.29 is 4.52 Å². The fraction of sp³-hybridized carbons (Fsp3) is 0.571. The molecule has 61 valence electrons. The van der Waals surface area contributed by atoms with Gasteiger partial charge in [-0.1, -0.05) is 13.8 Å². The fourth-order valence-corrected chi connectivity index (χ4v) is 0.821. The van der Waals surface area contributed by atoms with Crippen molar-refractivity contribution in [1.82, 2.24) is 15.3 Å². The van der Waals surface area contributed by atoms with Gasteiger partial charge in [0.05, 0.1) is 6.54 Å². The lowest BCUT2D eigenvalue weighted by molar-refractivity contribution is 0.381. The highest BCUT2D eigenvalue weighted by atomic mass is 16.5. The van der Waals surface area contributed by atoms with Gasteiger partial charge in [0.15, 0.2) is 0 Å². The summed E-state index contributed by atoms with van der Waals surface area (Å²) in [5, 5.41) is 7.10. The van der Waals surface area contributed by atoms with E-state index in [1.165, 1.54) is 6.26 Å². The highest BCUT2D eigenvalue weighted by molar-refractivity contribution is 5.02. The van der Waals surface area contributed by atoms with Crippen molar-refractivity contribution in [2.75, 3.05) is 13.1 Å². The van der Waals surface area contributed by atoms with Gasteiger partial charge in [-0.2, -0.15) is 0 Å². The summed E-state index contributed by atoms with van der Waals surface area (Å²) >= 11 is 0. The van der Waals surface area contributed by atoms with E-state index in [1.807, 2.05) is 6.54 Å². The number of nitrogens with zero attached hydrogens (tertiary/aromatic N) is 3. The number of rotatable bonds is 4. The molecule has 0 saturated carbocycles. The topological polar surface area (TPSA) is 42.2 Å². The zero-order chi connectivity index (χ0) is 8.10. The van der Waals surface area contributed by atoms with Crippen LogP contribution in [0.1, 0.15) is 19.5 Å². The summed E-state index contributed by atoms with van der Waals surface area (Å²) in [6.07, 6.45) is 1.53. The molecule has 1 rings (SSSR count). The first kappa shape index (κ1) is 8.20. The van der Waals surface area contributed by atoms with Crippen LogP contribution in [-0.4, -0.2) is 28.4 Å². The van der Waals surface area contributed by atoms with E-state index in [-0.39, 0.29) is 0 Å². The van der Waals surface area contributed by atoms with Crippen LogP contribution in [0.3, 0.4) is 0 Å². The molecule has 0 bridgehead atoms. The Bertz CT molecular complexity index is 182. The Morgan fingerprint density at radius 1 is 1.55 bits per heavy atom. The van der Waals surface area contributed by atoms with Crippen molar-refractivity contribution in [2.45, 2.75) is 13.8 Å². The van der Waals surface area contributed by atoms with Crippen molar-refractivity contribution in [3.63, 3.8) is 0 Å². The summed E-state index contributed by atoms with van der Waals surface area (Å²) < 4.78 is 4.59. The van der Waals surface area contributed by atoms with E-state index < -0.39 is 0 Å². The lowest BCUT2D eigenvalue weighted by Gasteiger charge is -2.14. The molecule has 0 N–H and O–H groups in total. The molecule has 0 saturated heterocycles. The van der Waals surface area contributed by atoms with Crippen molar-refractivity contribution in [3.8, 4) is 0 Å². The molecule has 0 spiro atoms. The average Bonchev–Trinajstić information content (AvgIpc) is 2.52. The molecule has 4 heteroatoms. The van der Waals surface area contributed by atoms with E-state index in [9.17, 15) is 0 Å². The first-order valence-electron chi connectivity index (χ1n) is 3.72. The number of aromatic nitrogens is 2. The first-order chi connectivity index (χ1) is 5.36. The maximum atomic E-state index is 4.59. The third-order valence-electron chi connectivity index (χ3n) is 1.50. The summed E-state index contributed by atoms with van der Waals surface area (Å²) in [5.41, 5.74) is 0.772. The maximum absolute atomic E-state index is 4.59. The maximum Gasteiger partial charge on any atom is 0.149 e. The predicted octanol–water partition coefficient (Wildman–Crippen LogP) is 0.921. The fourth-order valence-electron chi connectivity index (χ4n) is 0.821. The van der Waals surface area contributed by atoms with Gasteiger partial charge in [-0.15, -0.1) is 5.10 Å². The molecule has 0 atom stereocenters. The zero-order valence-electron chi connectivity index (χ0n) is 6.82. The van der Waals surface area contributed by atoms with Gasteiger partial charge in [0.2, 0.25) is 0 Å². The van der Waals surface area contributed by atoms with Crippen molar-refractivity contribution in [3.05, 3.63) is 18.5 Å². The summed E-state index contributed by atoms with van der Waals surface area (Å²) in [6.45, 7) is 8.06. The molecule has 0 aliphatic heterocycles. The second kappa shape index (κ2) is 4.08. The molecule has 0 fully saturated rings. The van der Waals surface area contributed by atoms with E-state index in [2.05, 4.69) is 33.6 Å². The Hall–Kier alpha value is -0.900. The molecule has 0 amide bonds. The summed E-state index contributed by atoms with van der Waals surface area (Å²) in [4.78, 5) is 2.12. The molecule has 11 heavy (non-hydrogen) atoms. The Kier molecular flexibility index (Phi) is 3.04. The molecule has 1 aromatic rings. The van der Waals surface area contributed by atoms with Gasteiger partial charge >= 0.3 is 0 Å². The first-order valence-corrected chi connectivity index (χ1v) is 3.72. The molecule has 1 radical (unpaired) electrons. The summed E-state index contributed by atoms with van der Waals surface area (Å²) in [6, 6.07) is 0. The Morgan fingerprint density at radius 3 is 2.73 bits per heavy atom. The zero-order valence-corrected chi connectivity index (χ0v) is 6.82. The minimum Gasteiger partial charge on any atom is -0.345 e. The highest BCUT2D eigenvalue weighted by Crippen LogP contribution is 2.01. The van der Waals surface area contributed by atoms with E-state index in [4.69, 9.17) is 0 Å². The molecule has 1 heterocycles. The van der Waals surface area contributed by atoms with Crippen LogP contribution < -0.4 is 0 Å². The van der Waals surface area contributed by atoms with Gasteiger partial charge in [0.1, 0.15) is 12.0 Å². The van der Waals surface area contributed by atoms with Gasteiger partial charge in [0, 0.05) is 5.27 Å². The highest BCUT2D eigenvalue weighted by Gasteiger charge is 2.03. The van der Waals surface area contributed by atoms with E-state index >= 15 is 0 Å². The number of hydrogen-bond acceptors (Lipinski definition) is 4. The lowest BCUT2D eigenvalue weighted by atomic mass is 10.4. The minimum atomic E-state index is 0.772. The molecular formula is C7H12N3O. The summed E-state index contributed by atoms with van der Waals surface area (Å²) in [7, 11) is 0. The Morgan fingerprint density at radius 2 is 2.27 bits per heavy atom. The largest absolute Gasteiger partial charge is 0.345 e. The molecular weight excluding hydrogens is 142 g/mol. The van der Waals surface area contributed by atoms with Crippen molar-refractivity contribution >= 4 is 0 Å². The monoisotopic (exact) mass is 154 g/mol. The van der Waals surface area contributed by atoms with Crippen LogP contribution in [-0.2, 0) is 0 Å². The van der Waals surface area contributed by atoms with Crippen LogP contribution in [0.15, 0.2) is 10.8 Å². The molecule has 0 unspecified atom stereocenters. The predicted molar refractivity (Wildman–Crippen MR) is 40.6 cm³/mol. The van der Waals surface area contributed by atoms with E-state index in [1.54, 1.807) is 0 Å². The molecule has 0 aliphatic rings. The summed E-state index contributed by atoms with van der Waals surface area (Å²) in [5.74, 6) is 0. The van der Waals surface area contributed by atoms with Crippen LogP contribution in [0.4, 0.5) is 0 Å². The van der Waals surface area contributed by atoms with Crippen LogP contribution in [0.25, 0.3) is 0 Å². The Balaban J connectivity index is 2.41. The SMILES string of the molecule is CCN([CH]c1conn1)CC. The third kappa shape index (κ3) is 2.31. The quantitative estimate of drug-likeness (QED) is 0.646. The van der Waals surface area contributed by atoms with Gasteiger partial charge in [-0.25, -0.2) is 0 Å². The van der Waals surface area contributed by atoms with Gasteiger partial charge in [0.25, 0.3) is 0 Å². The van der Waals surface area contributed by atoms with Crippen LogP contribution in [0, 0.1) is 6.54 Å². The van der Waals surface area contributed by atoms with Gasteiger partial charge in [-0.05, 0) is 13.1 Å². The normalized spacial score (nSPS) is 10.8. The van der Waals surface area contributed by atoms with Crippen molar-refractivity contribution in [1.29, 1.82) is 0 Å². The molecule has 1 aromatic heterocycles. The number of hydrogen-bond donors (Lipinski definition) is 0. The lowest BCUT2D eigenvalue weighted by Crippen LogP contribution is -2.20. The van der Waals surface area contributed by atoms with Crippen molar-refractivity contribution in [2.24, 2.45) is 0 Å². The van der Waals surface area contributed by atoms with Gasteiger partial charge in [-0.3, -0.25) is 4.90 Å². The third-order valence-corrected chi connectivity index (χ3v) is 1.50. The van der Waals surface area contributed by atoms with E-state index in [0.717, 1.165) is 18.8 Å². The minimum absolute atomic E-state index is 0.772. The van der Waals surface area contributed by atoms with Crippen LogP contribution in [0.5, 0.6) is 0 Å². The average molecular weight is 154 g/mol. The second-order valence-corrected chi connectivity index (χ2v) is 2.18. The molecule has 0 aliphatic carbocycles. The van der Waals surface area contributed by atoms with E-state index in [0.29, 0.717) is 0 Å². The Labute approximate surface area is 66.2 Å². The van der Waals surface area contributed by atoms with Gasteiger partial charge < -0.3 is 4.52 Å². The second-order valence-electron chi connectivity index (χ2n) is 2.18. The molecule has 0 aromatic carbocycles. The van der Waals surface area contributed by atoms with Crippen LogP contribution >= 0.6 is 0 Å². The molecule has 4 nitrogen and oxygen atoms in total. The van der Waals surface area contributed by atoms with Crippen LogP contribution in [0.2, 0.25) is 0 Å².